The summed E-state index contributed by atoms with van der Waals surface area (Å²) in [4.78, 5) is 12.2. The Labute approximate surface area is 155 Å². The Balaban J connectivity index is 0.00000312. The van der Waals surface area contributed by atoms with Gasteiger partial charge in [0.1, 0.15) is 0 Å². The molecule has 1 unspecified atom stereocenters. The number of nitrogens with one attached hydrogen (secondary N) is 3. The van der Waals surface area contributed by atoms with Crippen LogP contribution in [0.1, 0.15) is 27.2 Å². The number of carbonyl (C=O) groups is 1. The maximum atomic E-state index is 12.4. The number of hydrogen-bond acceptors (Lipinski definition) is 5. The number of sulfonamides is 1. The molecule has 0 aliphatic carbocycles. The fraction of sp³-hybridized carbons (Fsp3) is 0.562. The quantitative estimate of drug-likeness (QED) is 0.706. The molecule has 1 aromatic carbocycles. The molecule has 0 bridgehead atoms. The average Bonchev–Trinajstić information content (AvgIpc) is 2.46. The molecule has 0 aromatic heterocycles. The molecule has 1 aliphatic heterocycles. The summed E-state index contributed by atoms with van der Waals surface area (Å²) in [5.74, 6) is -0.184. The summed E-state index contributed by atoms with van der Waals surface area (Å²) in [5, 5.41) is 5.94. The number of benzene rings is 1. The molecule has 0 saturated carbocycles. The minimum Gasteiger partial charge on any atom is -0.378 e. The third-order valence-electron chi connectivity index (χ3n) is 3.30. The Kier molecular flexibility index (Phi) is 7.83. The molecule has 3 N–H and O–H groups in total. The lowest BCUT2D eigenvalue weighted by Gasteiger charge is -2.23. The highest BCUT2D eigenvalue weighted by Crippen LogP contribution is 2.18. The topological polar surface area (TPSA) is 96.5 Å². The number of morpholine rings is 1. The zero-order chi connectivity index (χ0) is 17.8. The van der Waals surface area contributed by atoms with Gasteiger partial charge in [-0.05, 0) is 39.0 Å². The minimum atomic E-state index is -3.64. The standard InChI is InChI=1S/C16H25N3O4S.ClH/c1-16(2,3)19-24(21,22)14-6-4-5-12(9-14)18-15(20)10-13-11-23-8-7-17-13;/h4-6,9,13,17,19H,7-8,10-11H2,1-3H3,(H,18,20);1H. The van der Waals surface area contributed by atoms with Crippen molar-refractivity contribution < 1.29 is 17.9 Å². The van der Waals surface area contributed by atoms with E-state index in [0.717, 1.165) is 6.54 Å². The second kappa shape index (κ2) is 8.95. The van der Waals surface area contributed by atoms with Gasteiger partial charge >= 0.3 is 0 Å². The average molecular weight is 392 g/mol. The van der Waals surface area contributed by atoms with E-state index in [1.54, 1.807) is 32.9 Å². The molecule has 1 aliphatic rings. The zero-order valence-corrected chi connectivity index (χ0v) is 16.3. The molecular formula is C16H26ClN3O4S. The van der Waals surface area contributed by atoms with E-state index in [4.69, 9.17) is 4.74 Å². The predicted molar refractivity (Wildman–Crippen MR) is 99.6 cm³/mol. The third kappa shape index (κ3) is 7.29. The molecule has 1 fully saturated rings. The van der Waals surface area contributed by atoms with Gasteiger partial charge in [-0.15, -0.1) is 12.4 Å². The van der Waals surface area contributed by atoms with Crippen LogP contribution >= 0.6 is 12.4 Å². The van der Waals surface area contributed by atoms with Gasteiger partial charge in [-0.1, -0.05) is 6.07 Å². The summed E-state index contributed by atoms with van der Waals surface area (Å²) >= 11 is 0. The van der Waals surface area contributed by atoms with Crippen molar-refractivity contribution in [1.29, 1.82) is 0 Å². The summed E-state index contributed by atoms with van der Waals surface area (Å²) in [5.41, 5.74) is -0.126. The van der Waals surface area contributed by atoms with Gasteiger partial charge < -0.3 is 15.4 Å². The number of amides is 1. The first-order valence-corrected chi connectivity index (χ1v) is 9.39. The molecule has 142 valence electrons. The van der Waals surface area contributed by atoms with Gasteiger partial charge in [0.15, 0.2) is 0 Å². The van der Waals surface area contributed by atoms with Crippen LogP contribution < -0.4 is 15.4 Å². The maximum Gasteiger partial charge on any atom is 0.241 e. The van der Waals surface area contributed by atoms with E-state index in [9.17, 15) is 13.2 Å². The van der Waals surface area contributed by atoms with Gasteiger partial charge in [-0.2, -0.15) is 0 Å². The third-order valence-corrected chi connectivity index (χ3v) is 5.05. The second-order valence-electron chi connectivity index (χ2n) is 6.86. The van der Waals surface area contributed by atoms with E-state index in [1.807, 2.05) is 0 Å². The lowest BCUT2D eigenvalue weighted by molar-refractivity contribution is -0.117. The fourth-order valence-corrected chi connectivity index (χ4v) is 3.85. The summed E-state index contributed by atoms with van der Waals surface area (Å²) in [7, 11) is -3.64. The van der Waals surface area contributed by atoms with Crippen LogP contribution in [0, 0.1) is 0 Å². The molecule has 2 rings (SSSR count). The minimum absolute atomic E-state index is 0. The van der Waals surface area contributed by atoms with Crippen LogP contribution in [-0.2, 0) is 19.6 Å². The van der Waals surface area contributed by atoms with Gasteiger partial charge in [-0.3, -0.25) is 4.79 Å². The summed E-state index contributed by atoms with van der Waals surface area (Å²) in [6.07, 6.45) is 0.275. The second-order valence-corrected chi connectivity index (χ2v) is 8.54. The van der Waals surface area contributed by atoms with E-state index in [1.165, 1.54) is 12.1 Å². The molecule has 0 radical (unpaired) electrons. The van der Waals surface area contributed by atoms with Crippen molar-refractivity contribution in [3.8, 4) is 0 Å². The molecule has 7 nitrogen and oxygen atoms in total. The largest absolute Gasteiger partial charge is 0.378 e. The van der Waals surface area contributed by atoms with Gasteiger partial charge in [0.05, 0.1) is 18.1 Å². The molecule has 0 spiro atoms. The molecule has 1 saturated heterocycles. The summed E-state index contributed by atoms with van der Waals surface area (Å²) < 4.78 is 32.6. The van der Waals surface area contributed by atoms with Crippen molar-refractivity contribution in [2.75, 3.05) is 25.1 Å². The molecule has 1 heterocycles. The Morgan fingerprint density at radius 3 is 2.68 bits per heavy atom. The first kappa shape index (κ1) is 21.9. The number of hydrogen-bond donors (Lipinski definition) is 3. The smallest absolute Gasteiger partial charge is 0.241 e. The maximum absolute atomic E-state index is 12.4. The lowest BCUT2D eigenvalue weighted by atomic mass is 10.1. The Morgan fingerprint density at radius 1 is 1.36 bits per heavy atom. The summed E-state index contributed by atoms with van der Waals surface area (Å²) in [6, 6.07) is 6.21. The van der Waals surface area contributed by atoms with Gasteiger partial charge in [0, 0.05) is 30.2 Å². The van der Waals surface area contributed by atoms with E-state index in [0.29, 0.717) is 18.9 Å². The Hall–Kier alpha value is -1.19. The van der Waals surface area contributed by atoms with Gasteiger partial charge in [-0.25, -0.2) is 13.1 Å². The fourth-order valence-electron chi connectivity index (χ4n) is 2.39. The Bertz CT molecular complexity index is 683. The van der Waals surface area contributed by atoms with Gasteiger partial charge in [0.2, 0.25) is 15.9 Å². The van der Waals surface area contributed by atoms with Crippen LogP contribution in [0.2, 0.25) is 0 Å². The van der Waals surface area contributed by atoms with Crippen molar-refractivity contribution in [2.24, 2.45) is 0 Å². The van der Waals surface area contributed by atoms with E-state index in [2.05, 4.69) is 15.4 Å². The molecule has 9 heteroatoms. The number of carbonyl (C=O) groups excluding carboxylic acids is 1. The molecule has 1 aromatic rings. The van der Waals surface area contributed by atoms with Crippen molar-refractivity contribution in [1.82, 2.24) is 10.0 Å². The van der Waals surface area contributed by atoms with Crippen LogP contribution in [0.15, 0.2) is 29.2 Å². The molecule has 1 amide bonds. The predicted octanol–water partition coefficient (Wildman–Crippen LogP) is 1.50. The number of ether oxygens (including phenoxy) is 1. The number of anilines is 1. The highest BCUT2D eigenvalue weighted by Gasteiger charge is 2.22. The van der Waals surface area contributed by atoms with Crippen LogP contribution in [0.3, 0.4) is 0 Å². The van der Waals surface area contributed by atoms with Crippen molar-refractivity contribution in [3.63, 3.8) is 0 Å². The van der Waals surface area contributed by atoms with Crippen molar-refractivity contribution in [2.45, 2.75) is 43.7 Å². The van der Waals surface area contributed by atoms with Gasteiger partial charge in [0.25, 0.3) is 0 Å². The number of rotatable bonds is 5. The first-order chi connectivity index (χ1) is 11.2. The number of halogens is 1. The molecular weight excluding hydrogens is 366 g/mol. The van der Waals surface area contributed by atoms with Crippen LogP contribution in [0.5, 0.6) is 0 Å². The highest BCUT2D eigenvalue weighted by atomic mass is 35.5. The van der Waals surface area contributed by atoms with Crippen molar-refractivity contribution >= 4 is 34.0 Å². The van der Waals surface area contributed by atoms with E-state index < -0.39 is 15.6 Å². The van der Waals surface area contributed by atoms with E-state index in [-0.39, 0.29) is 35.7 Å². The monoisotopic (exact) mass is 391 g/mol. The Morgan fingerprint density at radius 2 is 2.08 bits per heavy atom. The highest BCUT2D eigenvalue weighted by molar-refractivity contribution is 7.89. The van der Waals surface area contributed by atoms with Crippen LogP contribution in [0.25, 0.3) is 0 Å². The molecule has 1 atom stereocenters. The SMILES string of the molecule is CC(C)(C)NS(=O)(=O)c1cccc(NC(=O)CC2COCCN2)c1.Cl. The van der Waals surface area contributed by atoms with Crippen LogP contribution in [-0.4, -0.2) is 45.7 Å². The lowest BCUT2D eigenvalue weighted by Crippen LogP contribution is -2.43. The van der Waals surface area contributed by atoms with E-state index >= 15 is 0 Å². The van der Waals surface area contributed by atoms with Crippen LogP contribution in [0.4, 0.5) is 5.69 Å². The molecule has 25 heavy (non-hydrogen) atoms. The summed E-state index contributed by atoms with van der Waals surface area (Å²) in [6.45, 7) is 7.19. The first-order valence-electron chi connectivity index (χ1n) is 7.91. The zero-order valence-electron chi connectivity index (χ0n) is 14.7. The van der Waals surface area contributed by atoms with Crippen molar-refractivity contribution in [3.05, 3.63) is 24.3 Å². The normalized spacial score (nSPS) is 18.3.